The molecule has 162 valence electrons. The van der Waals surface area contributed by atoms with Gasteiger partial charge in [0.15, 0.2) is 11.2 Å². The first-order valence-electron chi connectivity index (χ1n) is 10.1. The van der Waals surface area contributed by atoms with Gasteiger partial charge in [-0.1, -0.05) is 47.3 Å². The molecule has 3 heterocycles. The van der Waals surface area contributed by atoms with Crippen molar-refractivity contribution in [3.05, 3.63) is 42.2 Å². The Bertz CT molecular complexity index is 1050. The summed E-state index contributed by atoms with van der Waals surface area (Å²) in [5.41, 5.74) is 2.32. The van der Waals surface area contributed by atoms with E-state index < -0.39 is 0 Å². The molecule has 0 bridgehead atoms. The van der Waals surface area contributed by atoms with Crippen LogP contribution in [0.3, 0.4) is 0 Å². The third-order valence-corrected chi connectivity index (χ3v) is 5.90. The van der Waals surface area contributed by atoms with E-state index in [1.54, 1.807) is 21.4 Å². The van der Waals surface area contributed by atoms with Gasteiger partial charge in [-0.15, -0.1) is 5.10 Å². The van der Waals surface area contributed by atoms with Crippen LogP contribution >= 0.6 is 11.8 Å². The smallest absolute Gasteiger partial charge is 0.409 e. The third-order valence-electron chi connectivity index (χ3n) is 4.93. The number of carbonyl (C=O) groups is 2. The van der Waals surface area contributed by atoms with E-state index in [-0.39, 0.29) is 17.8 Å². The van der Waals surface area contributed by atoms with Gasteiger partial charge in [-0.05, 0) is 12.5 Å². The molecule has 1 saturated heterocycles. The van der Waals surface area contributed by atoms with Gasteiger partial charge in [-0.2, -0.15) is 0 Å². The standard InChI is InChI=1S/C20H23N7O3S/c1-2-30-20(29)26-10-8-25(9-11-26)16(28)13-31-19-17-18(21-14-22-19)27(24-23-17)12-15-6-4-3-5-7-15/h3-7,14H,2,8-13H2,1H3. The molecule has 2 amide bonds. The van der Waals surface area contributed by atoms with Gasteiger partial charge in [0, 0.05) is 26.2 Å². The zero-order valence-corrected chi connectivity index (χ0v) is 18.0. The molecule has 0 saturated carbocycles. The van der Waals surface area contributed by atoms with E-state index in [0.29, 0.717) is 55.5 Å². The van der Waals surface area contributed by atoms with E-state index in [0.717, 1.165) is 5.56 Å². The van der Waals surface area contributed by atoms with Crippen molar-refractivity contribution in [3.8, 4) is 0 Å². The van der Waals surface area contributed by atoms with Crippen molar-refractivity contribution in [2.45, 2.75) is 18.5 Å². The minimum absolute atomic E-state index is 0.00283. The summed E-state index contributed by atoms with van der Waals surface area (Å²) in [6.07, 6.45) is 1.14. The summed E-state index contributed by atoms with van der Waals surface area (Å²) in [6.45, 7) is 4.61. The number of fused-ring (bicyclic) bond motifs is 1. The van der Waals surface area contributed by atoms with E-state index in [1.165, 1.54) is 18.1 Å². The highest BCUT2D eigenvalue weighted by atomic mass is 32.2. The van der Waals surface area contributed by atoms with Crippen LogP contribution in [0.25, 0.3) is 11.2 Å². The molecule has 1 aromatic carbocycles. The largest absolute Gasteiger partial charge is 0.450 e. The normalized spacial score (nSPS) is 14.1. The van der Waals surface area contributed by atoms with Crippen molar-refractivity contribution >= 4 is 34.9 Å². The van der Waals surface area contributed by atoms with Gasteiger partial charge in [0.05, 0.1) is 18.9 Å². The first-order chi connectivity index (χ1) is 15.2. The van der Waals surface area contributed by atoms with Gasteiger partial charge in [0.2, 0.25) is 5.91 Å². The Kier molecular flexibility index (Phi) is 6.60. The predicted molar refractivity (Wildman–Crippen MR) is 115 cm³/mol. The van der Waals surface area contributed by atoms with Gasteiger partial charge in [-0.3, -0.25) is 4.79 Å². The fourth-order valence-corrected chi connectivity index (χ4v) is 4.15. The highest BCUT2D eigenvalue weighted by molar-refractivity contribution is 8.00. The van der Waals surface area contributed by atoms with Crippen LogP contribution in [0.4, 0.5) is 4.79 Å². The lowest BCUT2D eigenvalue weighted by Gasteiger charge is -2.34. The molecule has 1 fully saturated rings. The van der Waals surface area contributed by atoms with Crippen molar-refractivity contribution < 1.29 is 14.3 Å². The molecular formula is C20H23N7O3S. The number of rotatable bonds is 6. The second-order valence-corrected chi connectivity index (χ2v) is 7.90. The van der Waals surface area contributed by atoms with Crippen LogP contribution < -0.4 is 0 Å². The van der Waals surface area contributed by atoms with E-state index >= 15 is 0 Å². The molecule has 1 aliphatic heterocycles. The summed E-state index contributed by atoms with van der Waals surface area (Å²) < 4.78 is 6.74. The van der Waals surface area contributed by atoms with Crippen LogP contribution in [-0.4, -0.2) is 85.3 Å². The lowest BCUT2D eigenvalue weighted by molar-refractivity contribution is -0.129. The minimum atomic E-state index is -0.328. The Morgan fingerprint density at radius 2 is 1.81 bits per heavy atom. The second kappa shape index (κ2) is 9.73. The van der Waals surface area contributed by atoms with Gasteiger partial charge >= 0.3 is 6.09 Å². The Morgan fingerprint density at radius 1 is 1.06 bits per heavy atom. The molecule has 0 N–H and O–H groups in total. The number of hydrogen-bond donors (Lipinski definition) is 0. The summed E-state index contributed by atoms with van der Waals surface area (Å²) in [5, 5.41) is 9.08. The molecule has 1 aliphatic rings. The summed E-state index contributed by atoms with van der Waals surface area (Å²) in [7, 11) is 0. The number of carbonyl (C=O) groups excluding carboxylic acids is 2. The van der Waals surface area contributed by atoms with Crippen molar-refractivity contribution in [2.75, 3.05) is 38.5 Å². The molecule has 31 heavy (non-hydrogen) atoms. The molecule has 11 heteroatoms. The maximum Gasteiger partial charge on any atom is 0.409 e. The quantitative estimate of drug-likeness (QED) is 0.420. The molecule has 0 aliphatic carbocycles. The average molecular weight is 442 g/mol. The highest BCUT2D eigenvalue weighted by Gasteiger charge is 2.25. The number of benzene rings is 1. The first-order valence-corrected chi connectivity index (χ1v) is 11.0. The van der Waals surface area contributed by atoms with Crippen LogP contribution in [0.2, 0.25) is 0 Å². The number of thioether (sulfide) groups is 1. The summed E-state index contributed by atoms with van der Waals surface area (Å²) in [5.74, 6) is 0.230. The number of nitrogens with zero attached hydrogens (tertiary/aromatic N) is 7. The summed E-state index contributed by atoms with van der Waals surface area (Å²) in [6, 6.07) is 9.95. The predicted octanol–water partition coefficient (Wildman–Crippen LogP) is 1.66. The van der Waals surface area contributed by atoms with Crippen molar-refractivity contribution in [1.29, 1.82) is 0 Å². The first kappa shape index (κ1) is 21.0. The fraction of sp³-hybridized carbons (Fsp3) is 0.400. The molecule has 0 atom stereocenters. The molecule has 4 rings (SSSR count). The summed E-state index contributed by atoms with van der Waals surface area (Å²) in [4.78, 5) is 36.4. The molecule has 10 nitrogen and oxygen atoms in total. The molecular weight excluding hydrogens is 418 g/mol. The second-order valence-electron chi connectivity index (χ2n) is 6.94. The van der Waals surface area contributed by atoms with E-state index in [1.807, 2.05) is 30.3 Å². The third kappa shape index (κ3) is 4.93. The fourth-order valence-electron chi connectivity index (χ4n) is 3.31. The Morgan fingerprint density at radius 3 is 2.55 bits per heavy atom. The number of piperazine rings is 1. The molecule has 3 aromatic rings. The van der Waals surface area contributed by atoms with Crippen LogP contribution in [0.15, 0.2) is 41.7 Å². The van der Waals surface area contributed by atoms with Crippen LogP contribution in [0.5, 0.6) is 0 Å². The average Bonchev–Trinajstić information content (AvgIpc) is 3.22. The maximum atomic E-state index is 12.6. The highest BCUT2D eigenvalue weighted by Crippen LogP contribution is 2.23. The van der Waals surface area contributed by atoms with Gasteiger partial charge in [0.1, 0.15) is 11.4 Å². The molecule has 0 unspecified atom stereocenters. The zero-order chi connectivity index (χ0) is 21.6. The lowest BCUT2D eigenvalue weighted by atomic mass is 10.2. The molecule has 2 aromatic heterocycles. The zero-order valence-electron chi connectivity index (χ0n) is 17.2. The lowest BCUT2D eigenvalue weighted by Crippen LogP contribution is -2.51. The van der Waals surface area contributed by atoms with Crippen LogP contribution in [-0.2, 0) is 16.1 Å². The Balaban J connectivity index is 1.36. The minimum Gasteiger partial charge on any atom is -0.450 e. The van der Waals surface area contributed by atoms with Crippen LogP contribution in [0.1, 0.15) is 12.5 Å². The Hall–Kier alpha value is -3.21. The monoisotopic (exact) mass is 441 g/mol. The van der Waals surface area contributed by atoms with Crippen molar-refractivity contribution in [1.82, 2.24) is 34.8 Å². The molecule has 0 radical (unpaired) electrons. The van der Waals surface area contributed by atoms with Crippen molar-refractivity contribution in [3.63, 3.8) is 0 Å². The van der Waals surface area contributed by atoms with Gasteiger partial charge < -0.3 is 14.5 Å². The van der Waals surface area contributed by atoms with Crippen molar-refractivity contribution in [2.24, 2.45) is 0 Å². The topological polar surface area (TPSA) is 106 Å². The maximum absolute atomic E-state index is 12.6. The summed E-state index contributed by atoms with van der Waals surface area (Å²) >= 11 is 1.32. The van der Waals surface area contributed by atoms with E-state index in [9.17, 15) is 9.59 Å². The number of hydrogen-bond acceptors (Lipinski definition) is 8. The van der Waals surface area contributed by atoms with Gasteiger partial charge in [0.25, 0.3) is 0 Å². The number of ether oxygens (including phenoxy) is 1. The number of aromatic nitrogens is 5. The van der Waals surface area contributed by atoms with Crippen LogP contribution in [0, 0.1) is 0 Å². The van der Waals surface area contributed by atoms with E-state index in [2.05, 4.69) is 20.3 Å². The Labute approximate surface area is 183 Å². The van der Waals surface area contributed by atoms with Gasteiger partial charge in [-0.25, -0.2) is 19.4 Å². The number of amides is 2. The SMILES string of the molecule is CCOC(=O)N1CCN(C(=O)CSc2ncnc3c2nnn3Cc2ccccc2)CC1. The van der Waals surface area contributed by atoms with E-state index in [4.69, 9.17) is 4.74 Å². The molecule has 0 spiro atoms.